The van der Waals surface area contributed by atoms with Crippen LogP contribution in [0, 0.1) is 6.92 Å². The quantitative estimate of drug-likeness (QED) is 0.945. The molecule has 0 saturated carbocycles. The molecule has 1 N–H and O–H groups in total. The summed E-state index contributed by atoms with van der Waals surface area (Å²) in [5.74, 6) is 0.653. The van der Waals surface area contributed by atoms with Crippen LogP contribution in [0.15, 0.2) is 34.9 Å². The monoisotopic (exact) mass is 292 g/mol. The van der Waals surface area contributed by atoms with E-state index in [2.05, 4.69) is 10.3 Å². The highest BCUT2D eigenvalue weighted by atomic mass is 35.5. The zero-order chi connectivity index (χ0) is 13.9. The van der Waals surface area contributed by atoms with Crippen molar-refractivity contribution in [3.63, 3.8) is 0 Å². The van der Waals surface area contributed by atoms with E-state index in [-0.39, 0.29) is 6.10 Å². The van der Waals surface area contributed by atoms with E-state index in [1.54, 1.807) is 6.26 Å². The molecule has 1 saturated heterocycles. The molecule has 1 aliphatic rings. The van der Waals surface area contributed by atoms with E-state index < -0.39 is 0 Å². The lowest BCUT2D eigenvalue weighted by atomic mass is 10.1. The first-order chi connectivity index (χ1) is 9.70. The maximum absolute atomic E-state index is 5.89. The number of ether oxygens (including phenoxy) is 1. The Morgan fingerprint density at radius 3 is 2.75 bits per heavy atom. The van der Waals surface area contributed by atoms with Crippen LogP contribution in [-0.2, 0) is 11.2 Å². The Bertz CT molecular complexity index is 560. The van der Waals surface area contributed by atoms with Crippen molar-refractivity contribution in [3.8, 4) is 0 Å². The molecule has 2 atom stereocenters. The van der Waals surface area contributed by atoms with Crippen LogP contribution >= 0.6 is 11.6 Å². The first-order valence-electron chi connectivity index (χ1n) is 6.72. The highest BCUT2D eigenvalue weighted by Crippen LogP contribution is 2.20. The third-order valence-electron chi connectivity index (χ3n) is 3.40. The van der Waals surface area contributed by atoms with Gasteiger partial charge in [-0.1, -0.05) is 23.7 Å². The molecule has 1 aromatic heterocycles. The molecule has 0 bridgehead atoms. The summed E-state index contributed by atoms with van der Waals surface area (Å²) in [6.45, 7) is 3.28. The molecule has 0 unspecified atom stereocenters. The van der Waals surface area contributed by atoms with Crippen molar-refractivity contribution in [2.24, 2.45) is 0 Å². The molecule has 0 spiro atoms. The zero-order valence-electron chi connectivity index (χ0n) is 11.3. The summed E-state index contributed by atoms with van der Waals surface area (Å²) < 4.78 is 11.2. The van der Waals surface area contributed by atoms with Crippen LogP contribution in [0.1, 0.15) is 23.3 Å². The summed E-state index contributed by atoms with van der Waals surface area (Å²) in [6.07, 6.45) is 2.48. The van der Waals surface area contributed by atoms with Crippen LogP contribution in [0.2, 0.25) is 5.02 Å². The number of hydrogen-bond donors (Lipinski definition) is 1. The van der Waals surface area contributed by atoms with Gasteiger partial charge in [-0.15, -0.1) is 0 Å². The maximum Gasteiger partial charge on any atom is 0.224 e. The number of aryl methyl sites for hydroxylation is 1. The summed E-state index contributed by atoms with van der Waals surface area (Å²) >= 11 is 5.89. The number of benzene rings is 1. The average molecular weight is 293 g/mol. The van der Waals surface area contributed by atoms with Crippen molar-refractivity contribution in [2.75, 3.05) is 13.2 Å². The predicted octanol–water partition coefficient (Wildman–Crippen LogP) is 2.91. The van der Waals surface area contributed by atoms with Gasteiger partial charge in [0.15, 0.2) is 0 Å². The van der Waals surface area contributed by atoms with Gasteiger partial charge in [0.05, 0.1) is 12.3 Å². The van der Waals surface area contributed by atoms with Gasteiger partial charge in [-0.25, -0.2) is 4.98 Å². The van der Waals surface area contributed by atoms with Crippen LogP contribution < -0.4 is 5.32 Å². The number of nitrogens with zero attached hydrogens (tertiary/aromatic N) is 1. The van der Waals surface area contributed by atoms with Gasteiger partial charge in [-0.05, 0) is 31.0 Å². The second-order valence-corrected chi connectivity index (χ2v) is 5.52. The summed E-state index contributed by atoms with van der Waals surface area (Å²) in [5.41, 5.74) is 2.13. The van der Waals surface area contributed by atoms with E-state index in [1.807, 2.05) is 31.2 Å². The van der Waals surface area contributed by atoms with Crippen molar-refractivity contribution in [1.82, 2.24) is 10.3 Å². The Balaban J connectivity index is 1.54. The summed E-state index contributed by atoms with van der Waals surface area (Å²) in [5, 5.41) is 4.25. The highest BCUT2D eigenvalue weighted by Gasteiger charge is 2.25. The lowest BCUT2D eigenvalue weighted by molar-refractivity contribution is -0.0116. The smallest absolute Gasteiger partial charge is 0.224 e. The number of aromatic nitrogens is 1. The van der Waals surface area contributed by atoms with Gasteiger partial charge >= 0.3 is 0 Å². The number of rotatable bonds is 3. The Morgan fingerprint density at radius 1 is 1.35 bits per heavy atom. The topological polar surface area (TPSA) is 47.3 Å². The molecule has 3 rings (SSSR count). The number of nitrogens with one attached hydrogen (secondary N) is 1. The van der Waals surface area contributed by atoms with Crippen molar-refractivity contribution < 1.29 is 9.15 Å². The lowest BCUT2D eigenvalue weighted by Crippen LogP contribution is -2.44. The molecule has 1 fully saturated rings. The van der Waals surface area contributed by atoms with Crippen molar-refractivity contribution >= 4 is 11.6 Å². The molecule has 1 aromatic carbocycles. The van der Waals surface area contributed by atoms with Crippen LogP contribution in [-0.4, -0.2) is 24.2 Å². The van der Waals surface area contributed by atoms with Gasteiger partial charge < -0.3 is 14.5 Å². The molecule has 106 valence electrons. The Morgan fingerprint density at radius 2 is 2.15 bits per heavy atom. The van der Waals surface area contributed by atoms with E-state index in [9.17, 15) is 0 Å². The largest absolute Gasteiger partial charge is 0.446 e. The van der Waals surface area contributed by atoms with Gasteiger partial charge in [0, 0.05) is 17.6 Å². The maximum atomic E-state index is 5.89. The van der Waals surface area contributed by atoms with Crippen molar-refractivity contribution in [1.29, 1.82) is 0 Å². The molecule has 2 heterocycles. The summed E-state index contributed by atoms with van der Waals surface area (Å²) in [7, 11) is 0. The number of hydrogen-bond acceptors (Lipinski definition) is 4. The van der Waals surface area contributed by atoms with Gasteiger partial charge in [-0.2, -0.15) is 0 Å². The minimum atomic E-state index is -0.0924. The Hall–Kier alpha value is -1.36. The SMILES string of the molecule is Cc1coc([C@H]2CN[C@@H](Cc3ccc(Cl)cc3)CO2)n1. The number of morpholine rings is 1. The third kappa shape index (κ3) is 3.20. The molecule has 0 radical (unpaired) electrons. The van der Waals surface area contributed by atoms with Crippen LogP contribution in [0.3, 0.4) is 0 Å². The second-order valence-electron chi connectivity index (χ2n) is 5.08. The predicted molar refractivity (Wildman–Crippen MR) is 76.9 cm³/mol. The van der Waals surface area contributed by atoms with Crippen LogP contribution in [0.5, 0.6) is 0 Å². The molecule has 5 heteroatoms. The van der Waals surface area contributed by atoms with Gasteiger partial charge in [-0.3, -0.25) is 0 Å². The van der Waals surface area contributed by atoms with Crippen molar-refractivity contribution in [3.05, 3.63) is 52.7 Å². The van der Waals surface area contributed by atoms with E-state index in [4.69, 9.17) is 20.8 Å². The van der Waals surface area contributed by atoms with Gasteiger partial charge in [0.2, 0.25) is 5.89 Å². The zero-order valence-corrected chi connectivity index (χ0v) is 12.1. The van der Waals surface area contributed by atoms with Gasteiger partial charge in [0.1, 0.15) is 12.4 Å². The molecule has 1 aliphatic heterocycles. The van der Waals surface area contributed by atoms with E-state index in [1.165, 1.54) is 5.56 Å². The van der Waals surface area contributed by atoms with E-state index in [0.29, 0.717) is 18.5 Å². The van der Waals surface area contributed by atoms with Crippen LogP contribution in [0.4, 0.5) is 0 Å². The van der Waals surface area contributed by atoms with E-state index >= 15 is 0 Å². The second kappa shape index (κ2) is 5.95. The third-order valence-corrected chi connectivity index (χ3v) is 3.65. The molecular formula is C15H17ClN2O2. The molecule has 20 heavy (non-hydrogen) atoms. The van der Waals surface area contributed by atoms with Gasteiger partial charge in [0.25, 0.3) is 0 Å². The fraction of sp³-hybridized carbons (Fsp3) is 0.400. The standard InChI is InChI=1S/C15H17ClN2O2/c1-10-8-20-15(18-10)14-7-17-13(9-19-14)6-11-2-4-12(16)5-3-11/h2-5,8,13-14,17H,6-7,9H2,1H3/t13-,14+/m0/s1. The first-order valence-corrected chi connectivity index (χ1v) is 7.10. The molecule has 0 amide bonds. The average Bonchev–Trinajstić information content (AvgIpc) is 2.89. The molecular weight excluding hydrogens is 276 g/mol. The minimum Gasteiger partial charge on any atom is -0.446 e. The minimum absolute atomic E-state index is 0.0924. The molecule has 2 aromatic rings. The summed E-state index contributed by atoms with van der Waals surface area (Å²) in [4.78, 5) is 4.31. The first kappa shape index (κ1) is 13.6. The fourth-order valence-electron chi connectivity index (χ4n) is 2.34. The lowest BCUT2D eigenvalue weighted by Gasteiger charge is -2.28. The van der Waals surface area contributed by atoms with Crippen molar-refractivity contribution in [2.45, 2.75) is 25.5 Å². The molecule has 4 nitrogen and oxygen atoms in total. The number of oxazole rings is 1. The fourth-order valence-corrected chi connectivity index (χ4v) is 2.46. The molecule has 0 aliphatic carbocycles. The summed E-state index contributed by atoms with van der Waals surface area (Å²) in [6, 6.07) is 8.24. The van der Waals surface area contributed by atoms with Crippen LogP contribution in [0.25, 0.3) is 0 Å². The normalized spacial score (nSPS) is 22.9. The Labute approximate surface area is 123 Å². The Kier molecular flexibility index (Phi) is 4.05. The number of halogens is 1. The highest BCUT2D eigenvalue weighted by molar-refractivity contribution is 6.30. The van der Waals surface area contributed by atoms with E-state index in [0.717, 1.165) is 23.7 Å².